The molecule has 0 spiro atoms. The summed E-state index contributed by atoms with van der Waals surface area (Å²) in [6.45, 7) is 7.58. The lowest BCUT2D eigenvalue weighted by Gasteiger charge is -2.09. The van der Waals surface area contributed by atoms with Crippen molar-refractivity contribution in [3.8, 4) is 5.75 Å². The summed E-state index contributed by atoms with van der Waals surface area (Å²) in [6.07, 6.45) is 1.91. The van der Waals surface area contributed by atoms with Crippen molar-refractivity contribution in [2.75, 3.05) is 19.0 Å². The first kappa shape index (κ1) is 23.3. The predicted molar refractivity (Wildman–Crippen MR) is 115 cm³/mol. The van der Waals surface area contributed by atoms with Gasteiger partial charge in [0.1, 0.15) is 19.0 Å². The van der Waals surface area contributed by atoms with Gasteiger partial charge in [-0.15, -0.1) is 0 Å². The SMILES string of the molecule is C=CC(=O)OCCOc1ccc(N=Nc2ccc(S(=O)(=O)C[C@H](C)CC)cc2)cc1. The topological polar surface area (TPSA) is 94.4 Å². The molecule has 2 rings (SSSR count). The fourth-order valence-electron chi connectivity index (χ4n) is 2.39. The van der Waals surface area contributed by atoms with Crippen LogP contribution < -0.4 is 4.74 Å². The number of sulfone groups is 1. The van der Waals surface area contributed by atoms with Crippen LogP contribution in [-0.4, -0.2) is 33.4 Å². The monoisotopic (exact) mass is 430 g/mol. The van der Waals surface area contributed by atoms with E-state index in [1.54, 1.807) is 48.5 Å². The van der Waals surface area contributed by atoms with Crippen LogP contribution in [0.3, 0.4) is 0 Å². The molecule has 0 heterocycles. The van der Waals surface area contributed by atoms with Gasteiger partial charge in [0.15, 0.2) is 9.84 Å². The maximum atomic E-state index is 12.4. The highest BCUT2D eigenvalue weighted by Crippen LogP contribution is 2.23. The van der Waals surface area contributed by atoms with E-state index in [0.29, 0.717) is 22.0 Å². The summed E-state index contributed by atoms with van der Waals surface area (Å²) in [4.78, 5) is 11.2. The summed E-state index contributed by atoms with van der Waals surface area (Å²) in [7, 11) is -3.30. The molecule has 0 aromatic heterocycles. The van der Waals surface area contributed by atoms with Crippen LogP contribution in [0.15, 0.2) is 76.3 Å². The Labute approximate surface area is 177 Å². The van der Waals surface area contributed by atoms with E-state index >= 15 is 0 Å². The zero-order chi connectivity index (χ0) is 22.0. The molecule has 2 aromatic rings. The van der Waals surface area contributed by atoms with Gasteiger partial charge < -0.3 is 9.47 Å². The van der Waals surface area contributed by atoms with Gasteiger partial charge in [0.2, 0.25) is 0 Å². The molecule has 160 valence electrons. The van der Waals surface area contributed by atoms with Crippen molar-refractivity contribution in [2.24, 2.45) is 16.1 Å². The van der Waals surface area contributed by atoms with Gasteiger partial charge in [0.25, 0.3) is 0 Å². The van der Waals surface area contributed by atoms with Gasteiger partial charge in [-0.3, -0.25) is 0 Å². The molecule has 0 fully saturated rings. The number of nitrogens with zero attached hydrogens (tertiary/aromatic N) is 2. The van der Waals surface area contributed by atoms with Crippen LogP contribution in [-0.2, 0) is 19.4 Å². The zero-order valence-corrected chi connectivity index (χ0v) is 18.0. The molecule has 0 radical (unpaired) electrons. The molecule has 0 saturated heterocycles. The van der Waals surface area contributed by atoms with Gasteiger partial charge in [-0.2, -0.15) is 10.2 Å². The van der Waals surface area contributed by atoms with Gasteiger partial charge in [0, 0.05) is 6.08 Å². The standard InChI is InChI=1S/C22H26N2O5S/c1-4-17(3)16-30(26,27)21-12-8-19(9-13-21)24-23-18-6-10-20(11-7-18)28-14-15-29-22(25)5-2/h5-13,17H,2,4,14-16H2,1,3H3/t17-/m1/s1. The molecule has 0 amide bonds. The highest BCUT2D eigenvalue weighted by molar-refractivity contribution is 7.91. The van der Waals surface area contributed by atoms with Crippen molar-refractivity contribution in [2.45, 2.75) is 25.2 Å². The Bertz CT molecular complexity index is 968. The molecule has 0 aliphatic carbocycles. The van der Waals surface area contributed by atoms with E-state index in [4.69, 9.17) is 9.47 Å². The van der Waals surface area contributed by atoms with E-state index in [-0.39, 0.29) is 24.9 Å². The maximum absolute atomic E-state index is 12.4. The first-order valence-corrected chi connectivity index (χ1v) is 11.3. The molecule has 8 heteroatoms. The van der Waals surface area contributed by atoms with E-state index in [2.05, 4.69) is 16.8 Å². The smallest absolute Gasteiger partial charge is 0.330 e. The van der Waals surface area contributed by atoms with Gasteiger partial charge in [0.05, 0.1) is 22.0 Å². The molecular formula is C22H26N2O5S. The van der Waals surface area contributed by atoms with E-state index in [9.17, 15) is 13.2 Å². The second-order valence-electron chi connectivity index (χ2n) is 6.70. The molecule has 0 unspecified atom stereocenters. The lowest BCUT2D eigenvalue weighted by Crippen LogP contribution is -2.13. The quantitative estimate of drug-likeness (QED) is 0.216. The van der Waals surface area contributed by atoms with Crippen LogP contribution in [0.4, 0.5) is 11.4 Å². The number of hydrogen-bond acceptors (Lipinski definition) is 7. The normalized spacial score (nSPS) is 12.5. The van der Waals surface area contributed by atoms with Crippen molar-refractivity contribution >= 4 is 27.2 Å². The Morgan fingerprint density at radius 1 is 1.03 bits per heavy atom. The van der Waals surface area contributed by atoms with Gasteiger partial charge >= 0.3 is 5.97 Å². The van der Waals surface area contributed by atoms with Gasteiger partial charge in [-0.05, 0) is 54.4 Å². The number of esters is 1. The fraction of sp³-hybridized carbons (Fsp3) is 0.318. The van der Waals surface area contributed by atoms with Crippen molar-refractivity contribution in [1.82, 2.24) is 0 Å². The minimum atomic E-state index is -3.30. The first-order valence-electron chi connectivity index (χ1n) is 9.60. The molecule has 1 atom stereocenters. The Morgan fingerprint density at radius 3 is 2.13 bits per heavy atom. The summed E-state index contributed by atoms with van der Waals surface area (Å²) in [5.41, 5.74) is 1.18. The lowest BCUT2D eigenvalue weighted by atomic mass is 10.2. The number of benzene rings is 2. The molecule has 0 aliphatic heterocycles. The number of carbonyl (C=O) groups is 1. The minimum absolute atomic E-state index is 0.114. The highest BCUT2D eigenvalue weighted by Gasteiger charge is 2.17. The van der Waals surface area contributed by atoms with Crippen molar-refractivity contribution in [3.63, 3.8) is 0 Å². The van der Waals surface area contributed by atoms with Crippen molar-refractivity contribution in [3.05, 3.63) is 61.2 Å². The Kier molecular flexibility index (Phi) is 8.73. The van der Waals surface area contributed by atoms with Crippen molar-refractivity contribution in [1.29, 1.82) is 0 Å². The van der Waals surface area contributed by atoms with Crippen LogP contribution in [0.2, 0.25) is 0 Å². The summed E-state index contributed by atoms with van der Waals surface area (Å²) in [6, 6.07) is 13.3. The van der Waals surface area contributed by atoms with Gasteiger partial charge in [-0.25, -0.2) is 13.2 Å². The second-order valence-corrected chi connectivity index (χ2v) is 8.74. The average Bonchev–Trinajstić information content (AvgIpc) is 2.75. The molecule has 30 heavy (non-hydrogen) atoms. The third-order valence-electron chi connectivity index (χ3n) is 4.28. The molecule has 0 N–H and O–H groups in total. The number of hydrogen-bond donors (Lipinski definition) is 0. The van der Waals surface area contributed by atoms with E-state index < -0.39 is 15.8 Å². The van der Waals surface area contributed by atoms with Crippen LogP contribution in [0.25, 0.3) is 0 Å². The molecule has 0 aliphatic rings. The molecule has 7 nitrogen and oxygen atoms in total. The van der Waals surface area contributed by atoms with Crippen LogP contribution >= 0.6 is 0 Å². The Hall–Kier alpha value is -3.00. The summed E-state index contributed by atoms with van der Waals surface area (Å²) in [5, 5.41) is 8.27. The average molecular weight is 431 g/mol. The third kappa shape index (κ3) is 7.44. The largest absolute Gasteiger partial charge is 0.490 e. The molecule has 2 aromatic carbocycles. The third-order valence-corrected chi connectivity index (χ3v) is 6.28. The van der Waals surface area contributed by atoms with Crippen LogP contribution in [0, 0.1) is 5.92 Å². The second kappa shape index (κ2) is 11.3. The van der Waals surface area contributed by atoms with E-state index in [1.165, 1.54) is 0 Å². The summed E-state index contributed by atoms with van der Waals surface area (Å²) < 4.78 is 35.0. The van der Waals surface area contributed by atoms with E-state index in [0.717, 1.165) is 12.5 Å². The Morgan fingerprint density at radius 2 is 1.60 bits per heavy atom. The van der Waals surface area contributed by atoms with Crippen LogP contribution in [0.1, 0.15) is 20.3 Å². The number of rotatable bonds is 11. The minimum Gasteiger partial charge on any atom is -0.490 e. The number of carbonyl (C=O) groups excluding carboxylic acids is 1. The van der Waals surface area contributed by atoms with Crippen LogP contribution in [0.5, 0.6) is 5.75 Å². The Balaban J connectivity index is 1.91. The number of ether oxygens (including phenoxy) is 2. The maximum Gasteiger partial charge on any atom is 0.330 e. The summed E-state index contributed by atoms with van der Waals surface area (Å²) >= 11 is 0. The fourth-order valence-corrected chi connectivity index (χ4v) is 4.12. The summed E-state index contributed by atoms with van der Waals surface area (Å²) in [5.74, 6) is 0.369. The van der Waals surface area contributed by atoms with Gasteiger partial charge in [-0.1, -0.05) is 26.8 Å². The molecule has 0 bridgehead atoms. The zero-order valence-electron chi connectivity index (χ0n) is 17.2. The van der Waals surface area contributed by atoms with E-state index in [1.807, 2.05) is 13.8 Å². The highest BCUT2D eigenvalue weighted by atomic mass is 32.2. The molecule has 0 saturated carbocycles. The first-order chi connectivity index (χ1) is 14.3. The lowest BCUT2D eigenvalue weighted by molar-refractivity contribution is -0.138. The number of azo groups is 1. The van der Waals surface area contributed by atoms with Crippen molar-refractivity contribution < 1.29 is 22.7 Å². The predicted octanol–water partition coefficient (Wildman–Crippen LogP) is 5.03. The molecular weight excluding hydrogens is 404 g/mol.